The molecule has 1 aliphatic rings. The lowest BCUT2D eigenvalue weighted by atomic mass is 9.81. The molecule has 0 atom stereocenters. The SMILES string of the molecule is CCN(CCOC)C(=O)c1ccc2oc(C(=O)Nc3ccc(Cl)cn3)c(NC(=O)[C@H]3CC[C@H](C(=O)N(C)C)CC3)c2c1. The number of aromatic nitrogens is 1. The van der Waals surface area contributed by atoms with Crippen LogP contribution in [0.2, 0.25) is 5.02 Å². The molecule has 0 spiro atoms. The van der Waals surface area contributed by atoms with Crippen molar-refractivity contribution in [3.05, 3.63) is 52.9 Å². The van der Waals surface area contributed by atoms with Gasteiger partial charge >= 0.3 is 0 Å². The average Bonchev–Trinajstić information content (AvgIpc) is 3.35. The number of amides is 4. The van der Waals surface area contributed by atoms with E-state index in [9.17, 15) is 19.2 Å². The number of nitrogens with one attached hydrogen (secondary N) is 2. The van der Waals surface area contributed by atoms with Gasteiger partial charge in [0.2, 0.25) is 17.6 Å². The number of ether oxygens (including phenoxy) is 1. The molecule has 4 amide bonds. The molecule has 1 aromatic carbocycles. The van der Waals surface area contributed by atoms with Crippen LogP contribution < -0.4 is 10.6 Å². The van der Waals surface area contributed by atoms with Gasteiger partial charge in [0.1, 0.15) is 17.1 Å². The summed E-state index contributed by atoms with van der Waals surface area (Å²) in [6.45, 7) is 3.17. The number of nitrogens with zero attached hydrogens (tertiary/aromatic N) is 3. The number of methoxy groups -OCH3 is 1. The molecular formula is C30H36ClN5O6. The van der Waals surface area contributed by atoms with E-state index in [0.29, 0.717) is 66.9 Å². The molecule has 224 valence electrons. The Labute approximate surface area is 249 Å². The highest BCUT2D eigenvalue weighted by molar-refractivity contribution is 6.30. The number of halogens is 1. The van der Waals surface area contributed by atoms with Gasteiger partial charge in [0, 0.05) is 63.3 Å². The van der Waals surface area contributed by atoms with Crippen LogP contribution in [0.5, 0.6) is 0 Å². The summed E-state index contributed by atoms with van der Waals surface area (Å²) < 4.78 is 11.1. The second kappa shape index (κ2) is 13.8. The van der Waals surface area contributed by atoms with Crippen molar-refractivity contribution >= 4 is 57.7 Å². The molecule has 2 N–H and O–H groups in total. The highest BCUT2D eigenvalue weighted by Gasteiger charge is 2.32. The van der Waals surface area contributed by atoms with Crippen molar-refractivity contribution in [3.63, 3.8) is 0 Å². The van der Waals surface area contributed by atoms with Gasteiger partial charge in [-0.15, -0.1) is 0 Å². The molecule has 1 fully saturated rings. The van der Waals surface area contributed by atoms with E-state index in [2.05, 4.69) is 15.6 Å². The summed E-state index contributed by atoms with van der Waals surface area (Å²) in [5, 5.41) is 6.42. The second-order valence-electron chi connectivity index (χ2n) is 10.5. The lowest BCUT2D eigenvalue weighted by Gasteiger charge is -2.28. The van der Waals surface area contributed by atoms with Gasteiger partial charge in [-0.2, -0.15) is 0 Å². The van der Waals surface area contributed by atoms with Crippen LogP contribution in [-0.2, 0) is 14.3 Å². The number of hydrogen-bond donors (Lipinski definition) is 2. The predicted octanol–water partition coefficient (Wildman–Crippen LogP) is 4.68. The number of carbonyl (C=O) groups excluding carboxylic acids is 4. The lowest BCUT2D eigenvalue weighted by Crippen LogP contribution is -2.35. The van der Waals surface area contributed by atoms with Gasteiger partial charge in [-0.3, -0.25) is 19.2 Å². The Hall–Kier alpha value is -3.96. The van der Waals surface area contributed by atoms with Crippen LogP contribution in [0.4, 0.5) is 11.5 Å². The van der Waals surface area contributed by atoms with Crippen molar-refractivity contribution < 1.29 is 28.3 Å². The molecule has 0 saturated heterocycles. The van der Waals surface area contributed by atoms with Crippen LogP contribution in [0.1, 0.15) is 53.5 Å². The van der Waals surface area contributed by atoms with Gasteiger partial charge in [-0.1, -0.05) is 11.6 Å². The standard InChI is InChI=1S/C30H36ClN5O6/c1-5-36(14-15-41-4)30(40)20-10-12-23-22(16-20)25(26(42-23)28(38)33-24-13-11-21(31)17-32-24)34-27(37)18-6-8-19(9-7-18)29(39)35(2)3/h10-13,16-19H,5-9,14-15H2,1-4H3,(H,34,37)(H,32,33,38)/t18-,19-. The molecule has 1 saturated carbocycles. The van der Waals surface area contributed by atoms with E-state index in [1.807, 2.05) is 6.92 Å². The molecule has 2 heterocycles. The van der Waals surface area contributed by atoms with Gasteiger partial charge in [0.05, 0.1) is 11.6 Å². The molecule has 0 radical (unpaired) electrons. The van der Waals surface area contributed by atoms with Crippen molar-refractivity contribution in [3.8, 4) is 0 Å². The van der Waals surface area contributed by atoms with Crippen LogP contribution in [0.25, 0.3) is 11.0 Å². The van der Waals surface area contributed by atoms with Gasteiger partial charge in [-0.05, 0) is 62.9 Å². The Morgan fingerprint density at radius 1 is 1.05 bits per heavy atom. The molecule has 4 rings (SSSR count). The number of furan rings is 1. The maximum Gasteiger partial charge on any atom is 0.294 e. The normalized spacial score (nSPS) is 16.6. The average molecular weight is 598 g/mol. The fourth-order valence-electron chi connectivity index (χ4n) is 5.12. The summed E-state index contributed by atoms with van der Waals surface area (Å²) in [6.07, 6.45) is 3.68. The van der Waals surface area contributed by atoms with Gasteiger partial charge in [0.25, 0.3) is 11.8 Å². The molecule has 12 heteroatoms. The number of hydrogen-bond acceptors (Lipinski definition) is 7. The molecule has 1 aliphatic carbocycles. The third-order valence-corrected chi connectivity index (χ3v) is 7.70. The molecule has 0 aliphatic heterocycles. The number of benzene rings is 1. The topological polar surface area (TPSA) is 134 Å². The number of anilines is 2. The lowest BCUT2D eigenvalue weighted by molar-refractivity contribution is -0.135. The van der Waals surface area contributed by atoms with Crippen molar-refractivity contribution in [1.82, 2.24) is 14.8 Å². The number of rotatable bonds is 10. The Kier molecular flexibility index (Phi) is 10.2. The predicted molar refractivity (Wildman–Crippen MR) is 160 cm³/mol. The van der Waals surface area contributed by atoms with Crippen molar-refractivity contribution in [2.45, 2.75) is 32.6 Å². The molecule has 11 nitrogen and oxygen atoms in total. The molecule has 2 aromatic heterocycles. The fourth-order valence-corrected chi connectivity index (χ4v) is 5.23. The molecular weight excluding hydrogens is 562 g/mol. The summed E-state index contributed by atoms with van der Waals surface area (Å²) in [7, 11) is 5.03. The molecule has 3 aromatic rings. The van der Waals surface area contributed by atoms with E-state index in [1.165, 1.54) is 6.20 Å². The van der Waals surface area contributed by atoms with E-state index in [1.54, 1.807) is 61.3 Å². The summed E-state index contributed by atoms with van der Waals surface area (Å²) in [4.78, 5) is 59.8. The van der Waals surface area contributed by atoms with E-state index < -0.39 is 5.91 Å². The Bertz CT molecular complexity index is 1450. The summed E-state index contributed by atoms with van der Waals surface area (Å²) in [5.41, 5.74) is 0.879. The fraction of sp³-hybridized carbons (Fsp3) is 0.433. The smallest absolute Gasteiger partial charge is 0.294 e. The third-order valence-electron chi connectivity index (χ3n) is 7.48. The minimum Gasteiger partial charge on any atom is -0.449 e. The highest BCUT2D eigenvalue weighted by Crippen LogP contribution is 2.35. The quantitative estimate of drug-likeness (QED) is 0.347. The summed E-state index contributed by atoms with van der Waals surface area (Å²) in [6, 6.07) is 7.99. The largest absolute Gasteiger partial charge is 0.449 e. The van der Waals surface area contributed by atoms with Crippen molar-refractivity contribution in [2.24, 2.45) is 11.8 Å². The Morgan fingerprint density at radius 2 is 1.76 bits per heavy atom. The minimum atomic E-state index is -0.625. The van der Waals surface area contributed by atoms with E-state index in [-0.39, 0.29) is 46.8 Å². The van der Waals surface area contributed by atoms with Crippen LogP contribution >= 0.6 is 11.6 Å². The van der Waals surface area contributed by atoms with Crippen LogP contribution in [0.3, 0.4) is 0 Å². The zero-order valence-corrected chi connectivity index (χ0v) is 25.0. The highest BCUT2D eigenvalue weighted by atomic mass is 35.5. The van der Waals surface area contributed by atoms with Gasteiger partial charge < -0.3 is 29.6 Å². The monoisotopic (exact) mass is 597 g/mol. The van der Waals surface area contributed by atoms with Crippen molar-refractivity contribution in [1.29, 1.82) is 0 Å². The summed E-state index contributed by atoms with van der Waals surface area (Å²) >= 11 is 5.92. The number of likely N-dealkylation sites (N-methyl/N-ethyl adjacent to an activating group) is 1. The van der Waals surface area contributed by atoms with Crippen molar-refractivity contribution in [2.75, 3.05) is 51.5 Å². The number of fused-ring (bicyclic) bond motifs is 1. The maximum atomic E-state index is 13.5. The molecule has 0 unspecified atom stereocenters. The third kappa shape index (κ3) is 7.08. The van der Waals surface area contributed by atoms with Gasteiger partial charge in [-0.25, -0.2) is 4.98 Å². The van der Waals surface area contributed by atoms with E-state index in [4.69, 9.17) is 20.8 Å². The Balaban J connectivity index is 1.64. The first-order valence-electron chi connectivity index (χ1n) is 13.9. The van der Waals surface area contributed by atoms with E-state index >= 15 is 0 Å². The van der Waals surface area contributed by atoms with Crippen LogP contribution in [0, 0.1) is 11.8 Å². The minimum absolute atomic E-state index is 0.0632. The number of carbonyl (C=O) groups is 4. The zero-order chi connectivity index (χ0) is 30.4. The van der Waals surface area contributed by atoms with E-state index in [0.717, 1.165) is 0 Å². The maximum absolute atomic E-state index is 13.5. The molecule has 0 bridgehead atoms. The van der Waals surface area contributed by atoms with Crippen LogP contribution in [0.15, 0.2) is 40.9 Å². The van der Waals surface area contributed by atoms with Gasteiger partial charge in [0.15, 0.2) is 0 Å². The summed E-state index contributed by atoms with van der Waals surface area (Å²) in [5.74, 6) is -1.38. The van der Waals surface area contributed by atoms with Crippen LogP contribution in [-0.4, -0.2) is 79.3 Å². The number of pyridine rings is 1. The second-order valence-corrected chi connectivity index (χ2v) is 10.9. The first-order valence-corrected chi connectivity index (χ1v) is 14.3. The zero-order valence-electron chi connectivity index (χ0n) is 24.2. The molecule has 42 heavy (non-hydrogen) atoms. The first-order chi connectivity index (χ1) is 20.1. The Morgan fingerprint density at radius 3 is 2.38 bits per heavy atom. The first kappa shape index (κ1) is 31.0.